The molecule has 0 aromatic heterocycles. The fraction of sp³-hybridized carbons (Fsp3) is 0.364. The number of methoxy groups -OCH3 is 2. The first-order valence-corrected chi connectivity index (χ1v) is 11.6. The van der Waals surface area contributed by atoms with Crippen LogP contribution < -0.4 is 19.5 Å². The number of nitrogens with one attached hydrogen (secondary N) is 2. The van der Waals surface area contributed by atoms with Crippen molar-refractivity contribution in [2.24, 2.45) is 4.99 Å². The Bertz CT molecular complexity index is 1080. The summed E-state index contributed by atoms with van der Waals surface area (Å²) in [6.45, 7) is 2.26. The average molecular weight is 446 g/mol. The highest BCUT2D eigenvalue weighted by Gasteiger charge is 2.31. The van der Waals surface area contributed by atoms with Gasteiger partial charge in [-0.3, -0.25) is 14.5 Å². The van der Waals surface area contributed by atoms with Crippen molar-refractivity contribution < 1.29 is 22.7 Å². The molecule has 0 aliphatic carbocycles. The van der Waals surface area contributed by atoms with Crippen LogP contribution in [0.4, 0.5) is 0 Å². The Morgan fingerprint density at radius 3 is 2.61 bits per heavy atom. The number of amides is 1. The maximum atomic E-state index is 13.0. The summed E-state index contributed by atoms with van der Waals surface area (Å²) in [4.78, 5) is 17.6. The summed E-state index contributed by atoms with van der Waals surface area (Å²) in [6.07, 6.45) is 2.18. The zero-order valence-electron chi connectivity index (χ0n) is 17.8. The smallest absolute Gasteiger partial charge is 0.263 e. The predicted octanol–water partition coefficient (Wildman–Crippen LogP) is 2.62. The average Bonchev–Trinajstić information content (AvgIpc) is 3.04. The molecule has 0 radical (unpaired) electrons. The number of carbonyl (C=O) groups is 1. The molecule has 3 rings (SSSR count). The van der Waals surface area contributed by atoms with E-state index >= 15 is 0 Å². The largest absolute Gasteiger partial charge is 0.493 e. The van der Waals surface area contributed by atoms with Crippen molar-refractivity contribution in [3.63, 3.8) is 0 Å². The number of para-hydroxylation sites is 1. The van der Waals surface area contributed by atoms with E-state index in [1.54, 1.807) is 38.5 Å². The van der Waals surface area contributed by atoms with Crippen molar-refractivity contribution in [1.82, 2.24) is 10.0 Å². The fourth-order valence-corrected chi connectivity index (χ4v) is 4.67. The van der Waals surface area contributed by atoms with Crippen LogP contribution in [0.1, 0.15) is 37.3 Å². The Balaban J connectivity index is 1.82. The van der Waals surface area contributed by atoms with Crippen LogP contribution in [0.5, 0.6) is 11.5 Å². The van der Waals surface area contributed by atoms with Gasteiger partial charge in [-0.05, 0) is 24.6 Å². The van der Waals surface area contributed by atoms with Gasteiger partial charge in [0.05, 0.1) is 19.1 Å². The zero-order chi connectivity index (χ0) is 22.4. The van der Waals surface area contributed by atoms with Gasteiger partial charge in [0.1, 0.15) is 11.9 Å². The van der Waals surface area contributed by atoms with Gasteiger partial charge in [0.15, 0.2) is 11.5 Å². The summed E-state index contributed by atoms with van der Waals surface area (Å²) < 4.78 is 37.9. The topological polar surface area (TPSA) is 106 Å². The zero-order valence-corrected chi connectivity index (χ0v) is 18.7. The molecule has 2 N–H and O–H groups in total. The normalized spacial score (nSPS) is 16.3. The maximum absolute atomic E-state index is 13.0. The van der Waals surface area contributed by atoms with Gasteiger partial charge in [0, 0.05) is 17.7 Å². The number of hydrogen-bond acceptors (Lipinski definition) is 6. The van der Waals surface area contributed by atoms with Gasteiger partial charge in [-0.1, -0.05) is 44.0 Å². The van der Waals surface area contributed by atoms with E-state index < -0.39 is 16.1 Å². The van der Waals surface area contributed by atoms with Gasteiger partial charge >= 0.3 is 0 Å². The summed E-state index contributed by atoms with van der Waals surface area (Å²) >= 11 is 0. The molecular weight excluding hydrogens is 418 g/mol. The second-order valence-electron chi connectivity index (χ2n) is 7.11. The lowest BCUT2D eigenvalue weighted by atomic mass is 10.1. The van der Waals surface area contributed by atoms with Crippen molar-refractivity contribution in [1.29, 1.82) is 0 Å². The molecule has 8 nitrogen and oxygen atoms in total. The third kappa shape index (κ3) is 4.99. The molecule has 1 amide bonds. The summed E-state index contributed by atoms with van der Waals surface area (Å²) in [7, 11) is -0.564. The quantitative estimate of drug-likeness (QED) is 0.617. The van der Waals surface area contributed by atoms with E-state index in [2.05, 4.69) is 15.0 Å². The Hall–Kier alpha value is -3.07. The van der Waals surface area contributed by atoms with E-state index in [0.717, 1.165) is 18.4 Å². The maximum Gasteiger partial charge on any atom is 0.263 e. The molecule has 0 saturated carbocycles. The van der Waals surface area contributed by atoms with Crippen molar-refractivity contribution >= 4 is 21.8 Å². The number of nitrogens with zero attached hydrogens (tertiary/aromatic N) is 1. The molecule has 0 saturated heterocycles. The van der Waals surface area contributed by atoms with E-state index in [4.69, 9.17) is 9.47 Å². The fourth-order valence-electron chi connectivity index (χ4n) is 3.43. The number of carbonyl (C=O) groups excluding carboxylic acids is 1. The lowest BCUT2D eigenvalue weighted by molar-refractivity contribution is -0.122. The van der Waals surface area contributed by atoms with E-state index in [1.807, 2.05) is 19.1 Å². The number of rotatable bonds is 9. The number of amidine groups is 1. The monoisotopic (exact) mass is 445 g/mol. The van der Waals surface area contributed by atoms with Gasteiger partial charge < -0.3 is 14.8 Å². The van der Waals surface area contributed by atoms with Crippen molar-refractivity contribution in [3.05, 3.63) is 53.6 Å². The molecule has 1 aliphatic rings. The summed E-state index contributed by atoms with van der Waals surface area (Å²) in [6, 6.07) is 11.3. The second-order valence-corrected chi connectivity index (χ2v) is 8.76. The van der Waals surface area contributed by atoms with Crippen LogP contribution in [0.25, 0.3) is 0 Å². The third-order valence-electron chi connectivity index (χ3n) is 5.02. The van der Waals surface area contributed by atoms with Gasteiger partial charge in [-0.25, -0.2) is 8.42 Å². The first kappa shape index (κ1) is 22.6. The molecule has 1 heterocycles. The number of ether oxygens (including phenoxy) is 2. The molecule has 31 heavy (non-hydrogen) atoms. The van der Waals surface area contributed by atoms with E-state index in [1.165, 1.54) is 6.07 Å². The van der Waals surface area contributed by atoms with Gasteiger partial charge in [0.25, 0.3) is 10.0 Å². The van der Waals surface area contributed by atoms with Crippen LogP contribution in [0.3, 0.4) is 0 Å². The first-order valence-electron chi connectivity index (χ1n) is 10.1. The lowest BCUT2D eigenvalue weighted by Gasteiger charge is -2.16. The highest BCUT2D eigenvalue weighted by atomic mass is 32.2. The standard InChI is InChI=1S/C22H27N3O5S/c1-4-5-11-17(24-21-16-10-6-7-13-19(16)31(27,28)25-21)22(26)23-14-15-9-8-12-18(29-2)20(15)30-3/h6-10,12-13,17H,4-5,11,14H2,1-3H3,(H,23,26)(H,24,25). The molecule has 0 bridgehead atoms. The first-order chi connectivity index (χ1) is 14.9. The number of unbranched alkanes of at least 4 members (excludes halogenated alkanes) is 1. The molecule has 2 aromatic carbocycles. The van der Waals surface area contributed by atoms with Crippen molar-refractivity contribution in [3.8, 4) is 11.5 Å². The molecule has 0 fully saturated rings. The van der Waals surface area contributed by atoms with E-state index in [-0.39, 0.29) is 23.2 Å². The second kappa shape index (κ2) is 9.82. The number of aliphatic imine (C=N–C) groups is 1. The van der Waals surface area contributed by atoms with Crippen molar-refractivity contribution in [2.75, 3.05) is 14.2 Å². The highest BCUT2D eigenvalue weighted by Crippen LogP contribution is 2.30. The Morgan fingerprint density at radius 2 is 1.90 bits per heavy atom. The molecule has 0 spiro atoms. The Kier molecular flexibility index (Phi) is 7.17. The summed E-state index contributed by atoms with van der Waals surface area (Å²) in [5, 5.41) is 2.89. The number of hydrogen-bond donors (Lipinski definition) is 2. The molecule has 2 aromatic rings. The number of fused-ring (bicyclic) bond motifs is 1. The summed E-state index contributed by atoms with van der Waals surface area (Å²) in [5.41, 5.74) is 1.25. The van der Waals surface area contributed by atoms with Crippen LogP contribution in [0.15, 0.2) is 52.4 Å². The Labute approximate surface area is 182 Å². The predicted molar refractivity (Wildman–Crippen MR) is 118 cm³/mol. The molecule has 1 unspecified atom stereocenters. The van der Waals surface area contributed by atoms with Crippen LogP contribution in [0, 0.1) is 0 Å². The number of sulfonamides is 1. The minimum atomic E-state index is -3.66. The van der Waals surface area contributed by atoms with Crippen LogP contribution in [-0.4, -0.2) is 40.4 Å². The van der Waals surface area contributed by atoms with Gasteiger partial charge in [-0.2, -0.15) is 0 Å². The molecule has 166 valence electrons. The molecular formula is C22H27N3O5S. The molecule has 1 atom stereocenters. The SMILES string of the molecule is CCCCC(N=C1NS(=O)(=O)c2ccccc21)C(=O)NCc1cccc(OC)c1OC. The Morgan fingerprint density at radius 1 is 1.13 bits per heavy atom. The lowest BCUT2D eigenvalue weighted by Crippen LogP contribution is -2.35. The minimum Gasteiger partial charge on any atom is -0.493 e. The molecule has 9 heteroatoms. The third-order valence-corrected chi connectivity index (χ3v) is 6.42. The summed E-state index contributed by atoms with van der Waals surface area (Å²) in [5.74, 6) is 1.05. The van der Waals surface area contributed by atoms with E-state index in [9.17, 15) is 13.2 Å². The number of benzene rings is 2. The van der Waals surface area contributed by atoms with E-state index in [0.29, 0.717) is 23.5 Å². The van der Waals surface area contributed by atoms with Crippen LogP contribution in [0.2, 0.25) is 0 Å². The van der Waals surface area contributed by atoms with Gasteiger partial charge in [-0.15, -0.1) is 0 Å². The van der Waals surface area contributed by atoms with Crippen molar-refractivity contribution in [2.45, 2.75) is 43.7 Å². The van der Waals surface area contributed by atoms with Crippen LogP contribution in [-0.2, 0) is 21.4 Å². The van der Waals surface area contributed by atoms with Crippen LogP contribution >= 0.6 is 0 Å². The minimum absolute atomic E-state index is 0.171. The molecule has 1 aliphatic heterocycles. The highest BCUT2D eigenvalue weighted by molar-refractivity contribution is 7.90. The van der Waals surface area contributed by atoms with Gasteiger partial charge in [0.2, 0.25) is 5.91 Å².